The average molecular weight is 320 g/mol. The van der Waals surface area contributed by atoms with E-state index < -0.39 is 12.4 Å². The van der Waals surface area contributed by atoms with Gasteiger partial charge in [0.2, 0.25) is 0 Å². The Kier molecular flexibility index (Phi) is 7.29. The van der Waals surface area contributed by atoms with E-state index in [1.807, 2.05) is 0 Å². The zero-order chi connectivity index (χ0) is 14.6. The van der Waals surface area contributed by atoms with Gasteiger partial charge >= 0.3 is 58.4 Å². The van der Waals surface area contributed by atoms with Crippen LogP contribution in [0.25, 0.3) is 0 Å². The number of hydrogen-bond donors (Lipinski definition) is 0. The first-order chi connectivity index (χ1) is 9.49. The van der Waals surface area contributed by atoms with E-state index >= 15 is 0 Å². The largest absolute Gasteiger partial charge is 1.00 e. The molecule has 2 aromatic rings. The second-order valence-electron chi connectivity index (χ2n) is 4.28. The fourth-order valence-electron chi connectivity index (χ4n) is 1.70. The van der Waals surface area contributed by atoms with Gasteiger partial charge in [-0.15, -0.1) is 5.46 Å². The molecule has 7 heteroatoms. The fraction of sp³-hybridized carbons (Fsp3) is 0.143. The summed E-state index contributed by atoms with van der Waals surface area (Å²) in [7, 11) is 1.57. The molecule has 2 nitrogen and oxygen atoms in total. The maximum absolute atomic E-state index is 12.6. The standard InChI is InChI=1S/C14H13BF3O2.K/c1-19-13-7-5-11(6-8-13)10-20-14-4-2-3-12(9-14)15(16,17)18;/h2-9H,10H2,1H3;/q-1;+1. The predicted molar refractivity (Wildman–Crippen MR) is 72.5 cm³/mol. The quantitative estimate of drug-likeness (QED) is 0.740. The van der Waals surface area contributed by atoms with E-state index in [9.17, 15) is 12.9 Å². The number of hydrogen-bond acceptors (Lipinski definition) is 2. The molecule has 0 atom stereocenters. The van der Waals surface area contributed by atoms with E-state index in [1.165, 1.54) is 12.1 Å². The van der Waals surface area contributed by atoms with Crippen molar-refractivity contribution < 1.29 is 73.8 Å². The van der Waals surface area contributed by atoms with Crippen molar-refractivity contribution in [3.05, 3.63) is 54.1 Å². The van der Waals surface area contributed by atoms with Gasteiger partial charge in [0.25, 0.3) is 0 Å². The van der Waals surface area contributed by atoms with E-state index in [0.29, 0.717) is 0 Å². The minimum absolute atomic E-state index is 0. The van der Waals surface area contributed by atoms with Crippen LogP contribution >= 0.6 is 0 Å². The van der Waals surface area contributed by atoms with Gasteiger partial charge in [-0.05, 0) is 29.8 Å². The minimum atomic E-state index is -5.00. The zero-order valence-electron chi connectivity index (χ0n) is 11.9. The zero-order valence-corrected chi connectivity index (χ0v) is 15.0. The topological polar surface area (TPSA) is 18.5 Å². The molecule has 0 aliphatic rings. The van der Waals surface area contributed by atoms with Crippen molar-refractivity contribution >= 4 is 12.4 Å². The van der Waals surface area contributed by atoms with Gasteiger partial charge in [0.15, 0.2) is 0 Å². The van der Waals surface area contributed by atoms with E-state index in [1.54, 1.807) is 31.4 Å². The van der Waals surface area contributed by atoms with Crippen molar-refractivity contribution in [1.82, 2.24) is 0 Å². The summed E-state index contributed by atoms with van der Waals surface area (Å²) in [6, 6.07) is 12.1. The van der Waals surface area contributed by atoms with Crippen LogP contribution in [0.3, 0.4) is 0 Å². The molecule has 0 radical (unpaired) electrons. The molecule has 0 unspecified atom stereocenters. The number of methoxy groups -OCH3 is 1. The normalized spacial score (nSPS) is 10.7. The summed E-state index contributed by atoms with van der Waals surface area (Å²) in [5, 5.41) is 0. The van der Waals surface area contributed by atoms with Crippen molar-refractivity contribution in [2.45, 2.75) is 6.61 Å². The van der Waals surface area contributed by atoms with Crippen molar-refractivity contribution in [3.8, 4) is 11.5 Å². The molecule has 0 aromatic heterocycles. The minimum Gasteiger partial charge on any atom is -0.497 e. The fourth-order valence-corrected chi connectivity index (χ4v) is 1.70. The number of benzene rings is 2. The van der Waals surface area contributed by atoms with Crippen molar-refractivity contribution in [2.75, 3.05) is 7.11 Å². The Hall–Kier alpha value is -0.469. The van der Waals surface area contributed by atoms with Crippen LogP contribution in [-0.2, 0) is 6.61 Å². The van der Waals surface area contributed by atoms with Crippen LogP contribution in [0.1, 0.15) is 5.56 Å². The SMILES string of the molecule is COc1ccc(COc2cccc([B-](F)(F)F)c2)cc1.[K+]. The van der Waals surface area contributed by atoms with E-state index in [2.05, 4.69) is 0 Å². The molecule has 0 aliphatic heterocycles. The molecule has 2 rings (SSSR count). The first kappa shape index (κ1) is 18.6. The molecule has 0 heterocycles. The molecule has 0 amide bonds. The molecule has 21 heavy (non-hydrogen) atoms. The third-order valence-corrected chi connectivity index (χ3v) is 2.80. The summed E-state index contributed by atoms with van der Waals surface area (Å²) >= 11 is 0. The van der Waals surface area contributed by atoms with Gasteiger partial charge in [-0.2, -0.15) is 0 Å². The van der Waals surface area contributed by atoms with Gasteiger partial charge in [0.05, 0.1) is 7.11 Å². The number of ether oxygens (including phenoxy) is 2. The second-order valence-corrected chi connectivity index (χ2v) is 4.28. The molecular weight excluding hydrogens is 307 g/mol. The molecule has 0 spiro atoms. The molecule has 106 valence electrons. The van der Waals surface area contributed by atoms with E-state index in [0.717, 1.165) is 23.4 Å². The van der Waals surface area contributed by atoms with E-state index in [-0.39, 0.29) is 63.7 Å². The third-order valence-electron chi connectivity index (χ3n) is 2.80. The molecule has 0 saturated heterocycles. The number of rotatable bonds is 5. The van der Waals surface area contributed by atoms with Gasteiger partial charge in [0, 0.05) is 0 Å². The molecule has 0 aliphatic carbocycles. The summed E-state index contributed by atoms with van der Waals surface area (Å²) in [4.78, 5) is 0. The Bertz CT molecular complexity index is 573. The monoisotopic (exact) mass is 320 g/mol. The summed E-state index contributed by atoms with van der Waals surface area (Å²) < 4.78 is 48.2. The molecule has 2 aromatic carbocycles. The summed E-state index contributed by atoms with van der Waals surface area (Å²) in [5.74, 6) is 0.924. The second kappa shape index (κ2) is 8.24. The Morgan fingerprint density at radius 1 is 0.952 bits per heavy atom. The maximum Gasteiger partial charge on any atom is 1.00 e. The summed E-state index contributed by atoms with van der Waals surface area (Å²) in [6.07, 6.45) is 0. The smallest absolute Gasteiger partial charge is 0.497 e. The molecule has 0 N–H and O–H groups in total. The molecule has 0 saturated carbocycles. The van der Waals surface area contributed by atoms with Crippen LogP contribution in [0.4, 0.5) is 12.9 Å². The summed E-state index contributed by atoms with van der Waals surface area (Å²) in [6.45, 7) is -4.79. The predicted octanol–water partition coefficient (Wildman–Crippen LogP) is 0.333. The first-order valence-electron chi connectivity index (χ1n) is 6.04. The molecular formula is C14H13BF3KO2. The number of halogens is 3. The van der Waals surface area contributed by atoms with Crippen molar-refractivity contribution in [2.24, 2.45) is 0 Å². The van der Waals surface area contributed by atoms with Crippen LogP contribution < -0.4 is 66.3 Å². The van der Waals surface area contributed by atoms with Crippen LogP contribution in [-0.4, -0.2) is 14.1 Å². The summed E-state index contributed by atoms with van der Waals surface area (Å²) in [5.41, 5.74) is 0.200. The van der Waals surface area contributed by atoms with Gasteiger partial charge in [-0.25, -0.2) is 0 Å². The Morgan fingerprint density at radius 3 is 2.19 bits per heavy atom. The van der Waals surface area contributed by atoms with Gasteiger partial charge in [-0.3, -0.25) is 0 Å². The maximum atomic E-state index is 12.6. The van der Waals surface area contributed by atoms with E-state index in [4.69, 9.17) is 9.47 Å². The first-order valence-corrected chi connectivity index (χ1v) is 6.04. The van der Waals surface area contributed by atoms with Gasteiger partial charge < -0.3 is 22.4 Å². The van der Waals surface area contributed by atoms with Crippen molar-refractivity contribution in [1.29, 1.82) is 0 Å². The van der Waals surface area contributed by atoms with Crippen LogP contribution in [0.5, 0.6) is 11.5 Å². The van der Waals surface area contributed by atoms with Crippen LogP contribution in [0, 0.1) is 0 Å². The average Bonchev–Trinajstić information content (AvgIpc) is 2.45. The van der Waals surface area contributed by atoms with Crippen LogP contribution in [0.15, 0.2) is 48.5 Å². The van der Waals surface area contributed by atoms with Gasteiger partial charge in [-0.1, -0.05) is 24.3 Å². The van der Waals surface area contributed by atoms with Crippen molar-refractivity contribution in [3.63, 3.8) is 0 Å². The molecule has 0 bridgehead atoms. The van der Waals surface area contributed by atoms with Crippen LogP contribution in [0.2, 0.25) is 0 Å². The molecule has 0 fully saturated rings. The Morgan fingerprint density at radius 2 is 1.62 bits per heavy atom. The Balaban J connectivity index is 0.00000220. The van der Waals surface area contributed by atoms with Gasteiger partial charge in [0.1, 0.15) is 18.1 Å². The Labute approximate surface area is 164 Å². The third kappa shape index (κ3) is 5.67.